The van der Waals surface area contributed by atoms with E-state index in [0.29, 0.717) is 0 Å². The number of carbonyl (C=O) groups excluding carboxylic acids is 2. The summed E-state index contributed by atoms with van der Waals surface area (Å²) in [5.41, 5.74) is 5.16. The second-order valence-electron chi connectivity index (χ2n) is 3.27. The normalized spacial score (nSPS) is 11.1. The summed E-state index contributed by atoms with van der Waals surface area (Å²) in [4.78, 5) is 30.3. The van der Waals surface area contributed by atoms with Crippen LogP contribution in [0.3, 0.4) is 0 Å². The average molecular weight is 246 g/mol. The minimum Gasteiger partial charge on any atom is -0.453 e. The van der Waals surface area contributed by atoms with Crippen molar-refractivity contribution in [3.8, 4) is 6.07 Å². The van der Waals surface area contributed by atoms with E-state index in [2.05, 4.69) is 21.3 Å². The molecule has 0 fully saturated rings. The molecular weight excluding hydrogens is 236 g/mol. The maximum atomic E-state index is 11.5. The molecule has 0 aromatic carbocycles. The van der Waals surface area contributed by atoms with Gasteiger partial charge in [0.15, 0.2) is 18.1 Å². The molecule has 2 N–H and O–H groups in total. The number of hydrogen-bond acceptors (Lipinski definition) is 7. The number of carbonyl (C=O) groups is 2. The third-order valence-electron chi connectivity index (χ3n) is 1.94. The third-order valence-corrected chi connectivity index (χ3v) is 1.94. The lowest BCUT2D eigenvalue weighted by atomic mass is 10.0. The summed E-state index contributed by atoms with van der Waals surface area (Å²) in [6.07, 6.45) is 3.92. The Labute approximate surface area is 103 Å². The third kappa shape index (κ3) is 3.38. The van der Waals surface area contributed by atoms with Gasteiger partial charge < -0.3 is 10.5 Å². The molecule has 0 bridgehead atoms. The Morgan fingerprint density at radius 3 is 2.78 bits per heavy atom. The topological polar surface area (TPSA) is 119 Å². The van der Waals surface area contributed by atoms with Gasteiger partial charge in [-0.3, -0.25) is 9.78 Å². The van der Waals surface area contributed by atoms with Crippen molar-refractivity contribution in [1.82, 2.24) is 9.97 Å². The van der Waals surface area contributed by atoms with Crippen molar-refractivity contribution in [2.24, 2.45) is 11.7 Å². The summed E-state index contributed by atoms with van der Waals surface area (Å²) in [6.45, 7) is 2.74. The second-order valence-corrected chi connectivity index (χ2v) is 3.27. The average Bonchev–Trinajstić information content (AvgIpc) is 2.37. The highest BCUT2D eigenvalue weighted by Crippen LogP contribution is 2.04. The fourth-order valence-electron chi connectivity index (χ4n) is 1.06. The molecule has 1 aromatic heterocycles. The van der Waals surface area contributed by atoms with Crippen LogP contribution in [-0.2, 0) is 9.53 Å². The first-order valence-electron chi connectivity index (χ1n) is 4.86. The van der Waals surface area contributed by atoms with Gasteiger partial charge >= 0.3 is 5.97 Å². The molecular formula is C11H10N4O3. The number of nitrogens with two attached hydrogens (primary N) is 1. The van der Waals surface area contributed by atoms with E-state index in [1.807, 2.05) is 0 Å². The van der Waals surface area contributed by atoms with E-state index in [4.69, 9.17) is 11.0 Å². The Hall–Kier alpha value is -2.75. The van der Waals surface area contributed by atoms with E-state index in [1.54, 1.807) is 6.07 Å². The van der Waals surface area contributed by atoms with Crippen molar-refractivity contribution in [3.05, 3.63) is 36.6 Å². The van der Waals surface area contributed by atoms with Gasteiger partial charge in [-0.05, 0) is 0 Å². The van der Waals surface area contributed by atoms with Gasteiger partial charge in [-0.1, -0.05) is 6.58 Å². The molecule has 1 atom stereocenters. The highest BCUT2D eigenvalue weighted by atomic mass is 16.5. The van der Waals surface area contributed by atoms with Gasteiger partial charge in [0, 0.05) is 18.1 Å². The smallest absolute Gasteiger partial charge is 0.358 e. The van der Waals surface area contributed by atoms with Crippen LogP contribution in [-0.4, -0.2) is 28.3 Å². The lowest BCUT2D eigenvalue weighted by Gasteiger charge is -2.07. The van der Waals surface area contributed by atoms with E-state index >= 15 is 0 Å². The van der Waals surface area contributed by atoms with Gasteiger partial charge in [0.1, 0.15) is 5.92 Å². The van der Waals surface area contributed by atoms with Crippen LogP contribution in [0.4, 0.5) is 0 Å². The molecule has 7 nitrogen and oxygen atoms in total. The van der Waals surface area contributed by atoms with Crippen LogP contribution in [0.2, 0.25) is 0 Å². The number of rotatable bonds is 5. The second kappa shape index (κ2) is 6.10. The Bertz CT molecular complexity index is 507. The number of Topliss-reactive ketones (excluding diaryl/α,β-unsaturated/α-hetero) is 1. The fraction of sp³-hybridized carbons (Fsp3) is 0.182. The van der Waals surface area contributed by atoms with Crippen molar-refractivity contribution >= 4 is 11.8 Å². The lowest BCUT2D eigenvalue weighted by molar-refractivity contribution is -0.123. The Kier molecular flexibility index (Phi) is 4.51. The largest absolute Gasteiger partial charge is 0.453 e. The van der Waals surface area contributed by atoms with E-state index < -0.39 is 24.3 Å². The summed E-state index contributed by atoms with van der Waals surface area (Å²) in [5, 5.41) is 8.67. The first-order valence-corrected chi connectivity index (χ1v) is 4.86. The molecule has 1 heterocycles. The summed E-state index contributed by atoms with van der Waals surface area (Å²) in [7, 11) is 0. The Balaban J connectivity index is 2.57. The first kappa shape index (κ1) is 13.3. The molecule has 7 heteroatoms. The molecule has 0 saturated carbocycles. The summed E-state index contributed by atoms with van der Waals surface area (Å²) >= 11 is 0. The number of aromatic nitrogens is 2. The number of ketones is 1. The zero-order chi connectivity index (χ0) is 13.5. The van der Waals surface area contributed by atoms with Gasteiger partial charge in [-0.2, -0.15) is 5.26 Å². The number of hydrogen-bond donors (Lipinski definition) is 1. The molecule has 0 unspecified atom stereocenters. The molecule has 0 saturated heterocycles. The van der Waals surface area contributed by atoms with Gasteiger partial charge in [0.05, 0.1) is 12.3 Å². The fourth-order valence-corrected chi connectivity index (χ4v) is 1.06. The van der Waals surface area contributed by atoms with Gasteiger partial charge in [-0.25, -0.2) is 9.78 Å². The number of ether oxygens (including phenoxy) is 1. The zero-order valence-electron chi connectivity index (χ0n) is 9.37. The van der Waals surface area contributed by atoms with Gasteiger partial charge in [-0.15, -0.1) is 0 Å². The van der Waals surface area contributed by atoms with Crippen LogP contribution in [0, 0.1) is 17.2 Å². The van der Waals surface area contributed by atoms with Crippen molar-refractivity contribution < 1.29 is 14.3 Å². The molecule has 0 aliphatic heterocycles. The Morgan fingerprint density at radius 2 is 2.28 bits per heavy atom. The van der Waals surface area contributed by atoms with Crippen LogP contribution >= 0.6 is 0 Å². The van der Waals surface area contributed by atoms with Crippen LogP contribution in [0.25, 0.3) is 0 Å². The van der Waals surface area contributed by atoms with E-state index in [0.717, 1.165) is 0 Å². The number of allylic oxidation sites excluding steroid dienone is 1. The molecule has 0 aliphatic rings. The van der Waals surface area contributed by atoms with Crippen molar-refractivity contribution in [3.63, 3.8) is 0 Å². The SMILES string of the molecule is C=C(N)[C@H](C#N)C(=O)COC(=O)c1cnccn1. The van der Waals surface area contributed by atoms with Crippen LogP contribution in [0.1, 0.15) is 10.5 Å². The minimum absolute atomic E-state index is 0.0228. The van der Waals surface area contributed by atoms with Gasteiger partial charge in [0.2, 0.25) is 0 Å². The van der Waals surface area contributed by atoms with Crippen molar-refractivity contribution in [1.29, 1.82) is 5.26 Å². The summed E-state index contributed by atoms with van der Waals surface area (Å²) in [5.74, 6) is -2.61. The molecule has 0 radical (unpaired) electrons. The first-order chi connectivity index (χ1) is 8.56. The van der Waals surface area contributed by atoms with Crippen molar-refractivity contribution in [2.45, 2.75) is 0 Å². The van der Waals surface area contributed by atoms with Crippen molar-refractivity contribution in [2.75, 3.05) is 6.61 Å². The number of nitriles is 1. The highest BCUT2D eigenvalue weighted by molar-refractivity contribution is 5.92. The molecule has 18 heavy (non-hydrogen) atoms. The summed E-state index contributed by atoms with van der Waals surface area (Å²) < 4.78 is 4.68. The predicted molar refractivity (Wildman–Crippen MR) is 59.8 cm³/mol. The predicted octanol–water partition coefficient (Wildman–Crippen LogP) is -0.185. The van der Waals surface area contributed by atoms with E-state index in [-0.39, 0.29) is 11.4 Å². The number of nitrogens with zero attached hydrogens (tertiary/aromatic N) is 3. The minimum atomic E-state index is -1.18. The molecule has 1 aromatic rings. The highest BCUT2D eigenvalue weighted by Gasteiger charge is 2.21. The maximum Gasteiger partial charge on any atom is 0.358 e. The Morgan fingerprint density at radius 1 is 1.56 bits per heavy atom. The lowest BCUT2D eigenvalue weighted by Crippen LogP contribution is -2.25. The molecule has 92 valence electrons. The molecule has 0 spiro atoms. The van der Waals surface area contributed by atoms with Gasteiger partial charge in [0.25, 0.3) is 0 Å². The van der Waals surface area contributed by atoms with E-state index in [1.165, 1.54) is 18.6 Å². The summed E-state index contributed by atoms with van der Waals surface area (Å²) in [6, 6.07) is 1.67. The zero-order valence-corrected chi connectivity index (χ0v) is 9.37. The van der Waals surface area contributed by atoms with Crippen LogP contribution in [0.15, 0.2) is 30.9 Å². The standard InChI is InChI=1S/C11H10N4O3/c1-7(13)8(4-12)10(16)6-18-11(17)9-5-14-2-3-15-9/h2-3,5,8H,1,6,13H2/t8-/m0/s1. The number of esters is 1. The molecule has 1 rings (SSSR count). The van der Waals surface area contributed by atoms with Crippen LogP contribution < -0.4 is 5.73 Å². The maximum absolute atomic E-state index is 11.5. The molecule has 0 amide bonds. The quantitative estimate of drug-likeness (QED) is 0.715. The van der Waals surface area contributed by atoms with Crippen LogP contribution in [0.5, 0.6) is 0 Å². The molecule has 0 aliphatic carbocycles. The monoisotopic (exact) mass is 246 g/mol. The van der Waals surface area contributed by atoms with E-state index in [9.17, 15) is 9.59 Å².